The van der Waals surface area contributed by atoms with Gasteiger partial charge in [0.15, 0.2) is 0 Å². The zero-order valence-electron chi connectivity index (χ0n) is 9.28. The lowest BCUT2D eigenvalue weighted by Gasteiger charge is -2.22. The predicted octanol–water partition coefficient (Wildman–Crippen LogP) is -0.824. The molecule has 0 saturated heterocycles. The molecule has 0 radical (unpaired) electrons. The van der Waals surface area contributed by atoms with Crippen molar-refractivity contribution in [3.8, 4) is 0 Å². The number of carbonyl (C=O) groups excluding carboxylic acids is 2. The summed E-state index contributed by atoms with van der Waals surface area (Å²) in [6.45, 7) is 5.11. The second-order valence-electron chi connectivity index (χ2n) is 3.82. The molecule has 0 rings (SSSR count). The summed E-state index contributed by atoms with van der Waals surface area (Å²) in [6.07, 6.45) is 0. The summed E-state index contributed by atoms with van der Waals surface area (Å²) in [5.74, 6) is -0.409. The fourth-order valence-electron chi connectivity index (χ4n) is 1.07. The highest BCUT2D eigenvalue weighted by atomic mass is 16.3. The Morgan fingerprint density at radius 2 is 1.80 bits per heavy atom. The highest BCUT2D eigenvalue weighted by Crippen LogP contribution is 2.01. The summed E-state index contributed by atoms with van der Waals surface area (Å²) in [4.78, 5) is 22.3. The number of hydrogen-bond donors (Lipinski definition) is 4. The Morgan fingerprint density at radius 3 is 2.13 bits per heavy atom. The van der Waals surface area contributed by atoms with Gasteiger partial charge in [0.05, 0.1) is 6.61 Å². The Bertz CT molecular complexity index is 231. The van der Waals surface area contributed by atoms with E-state index in [-0.39, 0.29) is 24.5 Å². The molecular formula is C9H19N3O3. The van der Waals surface area contributed by atoms with E-state index < -0.39 is 12.1 Å². The van der Waals surface area contributed by atoms with Gasteiger partial charge in [-0.2, -0.15) is 0 Å². The maximum Gasteiger partial charge on any atom is 0.312 e. The Morgan fingerprint density at radius 1 is 1.27 bits per heavy atom. The van der Waals surface area contributed by atoms with E-state index in [4.69, 9.17) is 10.8 Å². The molecule has 0 fully saturated rings. The average Bonchev–Trinajstić information content (AvgIpc) is 2.12. The summed E-state index contributed by atoms with van der Waals surface area (Å²) >= 11 is 0. The molecule has 15 heavy (non-hydrogen) atoms. The topological polar surface area (TPSA) is 104 Å². The van der Waals surface area contributed by atoms with Crippen molar-refractivity contribution in [1.29, 1.82) is 0 Å². The summed E-state index contributed by atoms with van der Waals surface area (Å²) < 4.78 is 0. The van der Waals surface area contributed by atoms with Gasteiger partial charge in [-0.1, -0.05) is 13.8 Å². The lowest BCUT2D eigenvalue weighted by Crippen LogP contribution is -2.53. The molecule has 0 aromatic rings. The van der Waals surface area contributed by atoms with E-state index in [9.17, 15) is 9.59 Å². The first-order valence-electron chi connectivity index (χ1n) is 4.85. The van der Waals surface area contributed by atoms with Crippen molar-refractivity contribution < 1.29 is 14.7 Å². The third-order valence-corrected chi connectivity index (χ3v) is 1.91. The second-order valence-corrected chi connectivity index (χ2v) is 3.82. The highest BCUT2D eigenvalue weighted by Gasteiger charge is 2.23. The molecule has 88 valence electrons. The lowest BCUT2D eigenvalue weighted by atomic mass is 10.0. The van der Waals surface area contributed by atoms with Crippen molar-refractivity contribution in [2.75, 3.05) is 6.61 Å². The SMILES string of the molecule is CC(CO)NC(=O)C(NC(N)=O)C(C)C. The van der Waals surface area contributed by atoms with Crippen LogP contribution in [-0.2, 0) is 4.79 Å². The van der Waals surface area contributed by atoms with Crippen LogP contribution in [-0.4, -0.2) is 35.7 Å². The first kappa shape index (κ1) is 13.7. The highest BCUT2D eigenvalue weighted by molar-refractivity contribution is 5.86. The van der Waals surface area contributed by atoms with Gasteiger partial charge >= 0.3 is 6.03 Å². The van der Waals surface area contributed by atoms with Crippen LogP contribution < -0.4 is 16.4 Å². The van der Waals surface area contributed by atoms with Crippen LogP contribution in [0.4, 0.5) is 4.79 Å². The van der Waals surface area contributed by atoms with Crippen LogP contribution in [0.3, 0.4) is 0 Å². The van der Waals surface area contributed by atoms with Crippen molar-refractivity contribution >= 4 is 11.9 Å². The Labute approximate surface area is 89.2 Å². The number of amides is 3. The van der Waals surface area contributed by atoms with Crippen molar-refractivity contribution in [3.63, 3.8) is 0 Å². The molecule has 0 aromatic carbocycles. The van der Waals surface area contributed by atoms with E-state index in [0.717, 1.165) is 0 Å². The molecular weight excluding hydrogens is 198 g/mol. The average molecular weight is 217 g/mol. The van der Waals surface area contributed by atoms with Gasteiger partial charge in [-0.25, -0.2) is 4.79 Å². The molecule has 3 amide bonds. The minimum Gasteiger partial charge on any atom is -0.394 e. The zero-order chi connectivity index (χ0) is 12.0. The molecule has 0 saturated carbocycles. The van der Waals surface area contributed by atoms with Gasteiger partial charge in [-0.15, -0.1) is 0 Å². The van der Waals surface area contributed by atoms with E-state index in [1.165, 1.54) is 0 Å². The largest absolute Gasteiger partial charge is 0.394 e. The van der Waals surface area contributed by atoms with Crippen molar-refractivity contribution in [1.82, 2.24) is 10.6 Å². The van der Waals surface area contributed by atoms with E-state index in [2.05, 4.69) is 10.6 Å². The quantitative estimate of drug-likeness (QED) is 0.483. The summed E-state index contributed by atoms with van der Waals surface area (Å²) in [5, 5.41) is 13.7. The smallest absolute Gasteiger partial charge is 0.312 e. The van der Waals surface area contributed by atoms with Crippen LogP contribution in [0.5, 0.6) is 0 Å². The van der Waals surface area contributed by atoms with Crippen molar-refractivity contribution in [3.05, 3.63) is 0 Å². The number of primary amides is 1. The zero-order valence-corrected chi connectivity index (χ0v) is 9.28. The van der Waals surface area contributed by atoms with Crippen LogP contribution in [0.15, 0.2) is 0 Å². The maximum atomic E-state index is 11.6. The van der Waals surface area contributed by atoms with Gasteiger partial charge in [0.1, 0.15) is 6.04 Å². The second kappa shape index (κ2) is 6.23. The molecule has 0 aromatic heterocycles. The normalized spacial score (nSPS) is 14.5. The monoisotopic (exact) mass is 217 g/mol. The third kappa shape index (κ3) is 5.21. The summed E-state index contributed by atoms with van der Waals surface area (Å²) in [7, 11) is 0. The van der Waals surface area contributed by atoms with Crippen molar-refractivity contribution in [2.45, 2.75) is 32.9 Å². The molecule has 2 atom stereocenters. The number of rotatable bonds is 5. The Hall–Kier alpha value is -1.30. The fourth-order valence-corrected chi connectivity index (χ4v) is 1.07. The summed E-state index contributed by atoms with van der Waals surface area (Å²) in [6, 6.07) is -1.74. The molecule has 0 aliphatic heterocycles. The fraction of sp³-hybridized carbons (Fsp3) is 0.778. The molecule has 0 aliphatic rings. The number of carbonyl (C=O) groups is 2. The molecule has 0 bridgehead atoms. The van der Waals surface area contributed by atoms with E-state index in [0.29, 0.717) is 0 Å². The number of nitrogens with one attached hydrogen (secondary N) is 2. The maximum absolute atomic E-state index is 11.6. The number of aliphatic hydroxyl groups excluding tert-OH is 1. The predicted molar refractivity (Wildman–Crippen MR) is 56.0 cm³/mol. The third-order valence-electron chi connectivity index (χ3n) is 1.91. The molecule has 2 unspecified atom stereocenters. The molecule has 6 heteroatoms. The van der Waals surface area contributed by atoms with Gasteiger partial charge in [-0.05, 0) is 12.8 Å². The standard InChI is InChI=1S/C9H19N3O3/c1-5(2)7(12-9(10)15)8(14)11-6(3)4-13/h5-7,13H,4H2,1-3H3,(H,11,14)(H3,10,12,15). The van der Waals surface area contributed by atoms with Crippen LogP contribution >= 0.6 is 0 Å². The molecule has 6 nitrogen and oxygen atoms in total. The Balaban J connectivity index is 4.35. The Kier molecular flexibility index (Phi) is 5.69. The van der Waals surface area contributed by atoms with Crippen LogP contribution in [0.25, 0.3) is 0 Å². The molecule has 0 aliphatic carbocycles. The van der Waals surface area contributed by atoms with Crippen LogP contribution in [0, 0.1) is 5.92 Å². The summed E-state index contributed by atoms with van der Waals surface area (Å²) in [5.41, 5.74) is 4.95. The van der Waals surface area contributed by atoms with Crippen LogP contribution in [0.1, 0.15) is 20.8 Å². The van der Waals surface area contributed by atoms with E-state index >= 15 is 0 Å². The number of nitrogens with two attached hydrogens (primary N) is 1. The minimum atomic E-state index is -0.736. The number of urea groups is 1. The van der Waals surface area contributed by atoms with Gasteiger partial charge in [0.25, 0.3) is 0 Å². The molecule has 5 N–H and O–H groups in total. The molecule has 0 spiro atoms. The minimum absolute atomic E-state index is 0.0663. The van der Waals surface area contributed by atoms with Gasteiger partial charge in [-0.3, -0.25) is 4.79 Å². The lowest BCUT2D eigenvalue weighted by molar-refractivity contribution is -0.124. The number of hydrogen-bond acceptors (Lipinski definition) is 3. The molecule has 0 heterocycles. The van der Waals surface area contributed by atoms with Gasteiger partial charge < -0.3 is 21.5 Å². The first-order valence-corrected chi connectivity index (χ1v) is 4.85. The van der Waals surface area contributed by atoms with Gasteiger partial charge in [0.2, 0.25) is 5.91 Å². The first-order chi connectivity index (χ1) is 6.88. The number of aliphatic hydroxyl groups is 1. The van der Waals surface area contributed by atoms with E-state index in [1.807, 2.05) is 0 Å². The van der Waals surface area contributed by atoms with Gasteiger partial charge in [0, 0.05) is 6.04 Å². The van der Waals surface area contributed by atoms with E-state index in [1.54, 1.807) is 20.8 Å². The van der Waals surface area contributed by atoms with Crippen molar-refractivity contribution in [2.24, 2.45) is 11.7 Å². The van der Waals surface area contributed by atoms with Crippen LogP contribution in [0.2, 0.25) is 0 Å².